The molecule has 0 bridgehead atoms. The molecule has 0 radical (unpaired) electrons. The van der Waals surface area contributed by atoms with Crippen molar-refractivity contribution < 1.29 is 14.7 Å². The number of phenols is 1. The number of halogens is 1. The number of carbonyl (C=O) groups is 2. The third-order valence-electron chi connectivity index (χ3n) is 4.38. The summed E-state index contributed by atoms with van der Waals surface area (Å²) < 4.78 is 0. The highest BCUT2D eigenvalue weighted by molar-refractivity contribution is 6.30. The van der Waals surface area contributed by atoms with Crippen LogP contribution in [0.3, 0.4) is 0 Å². The predicted octanol–water partition coefficient (Wildman–Crippen LogP) is 3.54. The number of para-hydroxylation sites is 1. The molecule has 130 valence electrons. The molecule has 25 heavy (non-hydrogen) atoms. The minimum Gasteiger partial charge on any atom is -0.507 e. The van der Waals surface area contributed by atoms with Gasteiger partial charge in [-0.3, -0.25) is 9.59 Å². The summed E-state index contributed by atoms with van der Waals surface area (Å²) in [6.07, 6.45) is 1.18. The molecule has 2 aromatic rings. The first-order chi connectivity index (χ1) is 12.0. The molecule has 0 aromatic heterocycles. The number of hydrogen-bond donors (Lipinski definition) is 2. The van der Waals surface area contributed by atoms with Crippen molar-refractivity contribution in [3.05, 3.63) is 59.1 Å². The second kappa shape index (κ2) is 7.57. The van der Waals surface area contributed by atoms with Crippen molar-refractivity contribution in [2.45, 2.75) is 12.8 Å². The lowest BCUT2D eigenvalue weighted by molar-refractivity contribution is -0.121. The Morgan fingerprint density at radius 2 is 1.80 bits per heavy atom. The van der Waals surface area contributed by atoms with Crippen LogP contribution < -0.4 is 5.32 Å². The van der Waals surface area contributed by atoms with E-state index in [4.69, 9.17) is 11.6 Å². The third-order valence-corrected chi connectivity index (χ3v) is 4.61. The molecular weight excluding hydrogens is 340 g/mol. The Hall–Kier alpha value is -2.53. The predicted molar refractivity (Wildman–Crippen MR) is 96.8 cm³/mol. The van der Waals surface area contributed by atoms with Crippen molar-refractivity contribution in [3.8, 4) is 5.75 Å². The van der Waals surface area contributed by atoms with Gasteiger partial charge in [0.15, 0.2) is 0 Å². The third kappa shape index (κ3) is 4.12. The highest BCUT2D eigenvalue weighted by atomic mass is 35.5. The Bertz CT molecular complexity index is 786. The van der Waals surface area contributed by atoms with Gasteiger partial charge in [0, 0.05) is 29.7 Å². The number of nitrogens with zero attached hydrogens (tertiary/aromatic N) is 1. The summed E-state index contributed by atoms with van der Waals surface area (Å²) in [5, 5.41) is 13.3. The maximum absolute atomic E-state index is 12.5. The molecule has 2 N–H and O–H groups in total. The zero-order valence-corrected chi connectivity index (χ0v) is 14.4. The fraction of sp³-hybridized carbons (Fsp3) is 0.263. The molecule has 3 rings (SSSR count). The Kier molecular flexibility index (Phi) is 5.24. The first-order valence-corrected chi connectivity index (χ1v) is 8.56. The van der Waals surface area contributed by atoms with E-state index in [2.05, 4.69) is 5.32 Å². The molecule has 0 spiro atoms. The van der Waals surface area contributed by atoms with Gasteiger partial charge in [-0.25, -0.2) is 0 Å². The number of hydrogen-bond acceptors (Lipinski definition) is 3. The van der Waals surface area contributed by atoms with Gasteiger partial charge in [-0.05, 0) is 43.2 Å². The van der Waals surface area contributed by atoms with E-state index in [9.17, 15) is 14.7 Å². The van der Waals surface area contributed by atoms with Crippen LogP contribution in [-0.4, -0.2) is 34.9 Å². The molecule has 0 atom stereocenters. The van der Waals surface area contributed by atoms with Gasteiger partial charge in [0.25, 0.3) is 5.91 Å². The number of nitrogens with one attached hydrogen (secondary N) is 1. The van der Waals surface area contributed by atoms with Crippen LogP contribution in [0.1, 0.15) is 23.2 Å². The lowest BCUT2D eigenvalue weighted by Crippen LogP contribution is -2.41. The van der Waals surface area contributed by atoms with Gasteiger partial charge in [0.1, 0.15) is 5.75 Å². The standard InChI is InChI=1S/C19H19ClN2O3/c20-14-4-3-5-15(12-14)21-18(24)13-8-10-22(11-9-13)19(25)16-6-1-2-7-17(16)23/h1-7,12-13,23H,8-11H2,(H,21,24). The molecule has 0 aliphatic carbocycles. The fourth-order valence-electron chi connectivity index (χ4n) is 2.98. The lowest BCUT2D eigenvalue weighted by Gasteiger charge is -2.31. The van der Waals surface area contributed by atoms with Crippen molar-refractivity contribution in [3.63, 3.8) is 0 Å². The van der Waals surface area contributed by atoms with E-state index in [1.165, 1.54) is 6.07 Å². The highest BCUT2D eigenvalue weighted by Gasteiger charge is 2.28. The Morgan fingerprint density at radius 1 is 1.08 bits per heavy atom. The molecule has 0 unspecified atom stereocenters. The van der Waals surface area contributed by atoms with Crippen LogP contribution >= 0.6 is 11.6 Å². The van der Waals surface area contributed by atoms with E-state index in [0.29, 0.717) is 42.2 Å². The number of anilines is 1. The van der Waals surface area contributed by atoms with Crippen LogP contribution in [0, 0.1) is 5.92 Å². The van der Waals surface area contributed by atoms with Crippen LogP contribution in [0.4, 0.5) is 5.69 Å². The van der Waals surface area contributed by atoms with Crippen molar-refractivity contribution >= 4 is 29.1 Å². The molecule has 1 aliphatic heterocycles. The maximum Gasteiger partial charge on any atom is 0.257 e. The van der Waals surface area contributed by atoms with Gasteiger partial charge in [0.2, 0.25) is 5.91 Å². The van der Waals surface area contributed by atoms with Crippen LogP contribution in [-0.2, 0) is 4.79 Å². The van der Waals surface area contributed by atoms with Gasteiger partial charge < -0.3 is 15.3 Å². The summed E-state index contributed by atoms with van der Waals surface area (Å²) in [6, 6.07) is 13.5. The summed E-state index contributed by atoms with van der Waals surface area (Å²) in [5.74, 6) is -0.426. The molecule has 5 nitrogen and oxygen atoms in total. The second-order valence-electron chi connectivity index (χ2n) is 6.08. The maximum atomic E-state index is 12.5. The second-order valence-corrected chi connectivity index (χ2v) is 6.52. The van der Waals surface area contributed by atoms with Crippen molar-refractivity contribution in [2.24, 2.45) is 5.92 Å². The minimum atomic E-state index is -0.202. The van der Waals surface area contributed by atoms with Crippen molar-refractivity contribution in [1.29, 1.82) is 0 Å². The van der Waals surface area contributed by atoms with E-state index in [-0.39, 0.29) is 23.5 Å². The molecule has 1 aliphatic rings. The summed E-state index contributed by atoms with van der Waals surface area (Å²) in [5.41, 5.74) is 0.967. The van der Waals surface area contributed by atoms with E-state index in [1.807, 2.05) is 0 Å². The number of rotatable bonds is 3. The van der Waals surface area contributed by atoms with Gasteiger partial charge in [-0.1, -0.05) is 29.8 Å². The lowest BCUT2D eigenvalue weighted by atomic mass is 9.95. The van der Waals surface area contributed by atoms with Gasteiger partial charge in [-0.2, -0.15) is 0 Å². The molecule has 1 saturated heterocycles. The van der Waals surface area contributed by atoms with Gasteiger partial charge in [0.05, 0.1) is 5.56 Å². The quantitative estimate of drug-likeness (QED) is 0.881. The zero-order valence-electron chi connectivity index (χ0n) is 13.6. The topological polar surface area (TPSA) is 69.6 Å². The number of benzene rings is 2. The van der Waals surface area contributed by atoms with Crippen LogP contribution in [0.25, 0.3) is 0 Å². The average molecular weight is 359 g/mol. The monoisotopic (exact) mass is 358 g/mol. The van der Waals surface area contributed by atoms with Crippen molar-refractivity contribution in [2.75, 3.05) is 18.4 Å². The Morgan fingerprint density at radius 3 is 2.48 bits per heavy atom. The van der Waals surface area contributed by atoms with E-state index in [1.54, 1.807) is 47.4 Å². The SMILES string of the molecule is O=C(Nc1cccc(Cl)c1)C1CCN(C(=O)c2ccccc2O)CC1. The number of phenolic OH excluding ortho intramolecular Hbond substituents is 1. The number of amides is 2. The van der Waals surface area contributed by atoms with Crippen LogP contribution in [0.5, 0.6) is 5.75 Å². The van der Waals surface area contributed by atoms with E-state index < -0.39 is 0 Å². The molecule has 2 aromatic carbocycles. The number of likely N-dealkylation sites (tertiary alicyclic amines) is 1. The summed E-state index contributed by atoms with van der Waals surface area (Å²) >= 11 is 5.92. The molecule has 1 fully saturated rings. The number of carbonyl (C=O) groups excluding carboxylic acids is 2. The van der Waals surface area contributed by atoms with Crippen LogP contribution in [0.2, 0.25) is 5.02 Å². The molecule has 6 heteroatoms. The molecule has 2 amide bonds. The Balaban J connectivity index is 1.57. The fourth-order valence-corrected chi connectivity index (χ4v) is 3.17. The number of piperidine rings is 1. The summed E-state index contributed by atoms with van der Waals surface area (Å²) in [4.78, 5) is 26.5. The average Bonchev–Trinajstić information content (AvgIpc) is 2.62. The highest BCUT2D eigenvalue weighted by Crippen LogP contribution is 2.24. The minimum absolute atomic E-state index is 0.0201. The van der Waals surface area contributed by atoms with Gasteiger partial charge in [-0.15, -0.1) is 0 Å². The van der Waals surface area contributed by atoms with Gasteiger partial charge >= 0.3 is 0 Å². The molecule has 1 heterocycles. The summed E-state index contributed by atoms with van der Waals surface area (Å²) in [7, 11) is 0. The summed E-state index contributed by atoms with van der Waals surface area (Å²) in [6.45, 7) is 0.974. The zero-order chi connectivity index (χ0) is 17.8. The van der Waals surface area contributed by atoms with Crippen LogP contribution in [0.15, 0.2) is 48.5 Å². The molecule has 0 saturated carbocycles. The van der Waals surface area contributed by atoms with E-state index >= 15 is 0 Å². The molecular formula is C19H19ClN2O3. The largest absolute Gasteiger partial charge is 0.507 e. The van der Waals surface area contributed by atoms with E-state index in [0.717, 1.165) is 0 Å². The first kappa shape index (κ1) is 17.3. The van der Waals surface area contributed by atoms with Crippen molar-refractivity contribution in [1.82, 2.24) is 4.90 Å². The Labute approximate surface area is 151 Å². The number of aromatic hydroxyl groups is 1. The smallest absolute Gasteiger partial charge is 0.257 e. The normalized spacial score (nSPS) is 15.0. The first-order valence-electron chi connectivity index (χ1n) is 8.18.